The molecule has 0 unspecified atom stereocenters. The summed E-state index contributed by atoms with van der Waals surface area (Å²) in [6.45, 7) is 0. The number of para-hydroxylation sites is 3. The molecule has 0 radical (unpaired) electrons. The van der Waals surface area contributed by atoms with Crippen LogP contribution in [-0.4, -0.2) is 19.1 Å². The molecule has 0 atom stereocenters. The molecule has 54 heavy (non-hydrogen) atoms. The lowest BCUT2D eigenvalue weighted by Crippen LogP contribution is -2.05. The molecular formula is C48H28N4S2. The van der Waals surface area contributed by atoms with Crippen molar-refractivity contribution in [2.75, 3.05) is 0 Å². The average molecular weight is 725 g/mol. The second-order valence-electron chi connectivity index (χ2n) is 13.7. The fraction of sp³-hybridized carbons (Fsp3) is 0. The van der Waals surface area contributed by atoms with E-state index in [1.807, 2.05) is 11.8 Å². The Labute approximate surface area is 318 Å². The lowest BCUT2D eigenvalue weighted by atomic mass is 9.97. The van der Waals surface area contributed by atoms with Crippen LogP contribution < -0.4 is 0 Å². The highest BCUT2D eigenvalue weighted by atomic mass is 32.2. The van der Waals surface area contributed by atoms with Gasteiger partial charge in [-0.25, -0.2) is 9.97 Å². The van der Waals surface area contributed by atoms with Crippen LogP contribution in [0.3, 0.4) is 0 Å². The van der Waals surface area contributed by atoms with Gasteiger partial charge in [-0.3, -0.25) is 9.13 Å². The third kappa shape index (κ3) is 4.26. The minimum Gasteiger partial charge on any atom is -0.295 e. The first kappa shape index (κ1) is 30.0. The third-order valence-corrected chi connectivity index (χ3v) is 13.0. The van der Waals surface area contributed by atoms with Crippen LogP contribution in [0.15, 0.2) is 180 Å². The van der Waals surface area contributed by atoms with Crippen LogP contribution in [0.1, 0.15) is 0 Å². The van der Waals surface area contributed by atoms with Crippen molar-refractivity contribution in [2.24, 2.45) is 0 Å². The van der Waals surface area contributed by atoms with Crippen molar-refractivity contribution in [3.05, 3.63) is 170 Å². The molecule has 0 spiro atoms. The van der Waals surface area contributed by atoms with Gasteiger partial charge in [-0.05, 0) is 53.6 Å². The van der Waals surface area contributed by atoms with Crippen molar-refractivity contribution in [3.63, 3.8) is 0 Å². The number of thiophene rings is 1. The summed E-state index contributed by atoms with van der Waals surface area (Å²) < 4.78 is 7.28. The highest BCUT2D eigenvalue weighted by Gasteiger charge is 2.28. The van der Waals surface area contributed by atoms with Gasteiger partial charge in [-0.1, -0.05) is 139 Å². The van der Waals surface area contributed by atoms with E-state index >= 15 is 0 Å². The van der Waals surface area contributed by atoms with Gasteiger partial charge in [0.25, 0.3) is 0 Å². The summed E-state index contributed by atoms with van der Waals surface area (Å²) >= 11 is 3.62. The Kier molecular flexibility index (Phi) is 6.40. The quantitative estimate of drug-likeness (QED) is 0.181. The van der Waals surface area contributed by atoms with Gasteiger partial charge in [-0.2, -0.15) is 0 Å². The molecule has 4 aromatic heterocycles. The molecule has 0 fully saturated rings. The van der Waals surface area contributed by atoms with Crippen molar-refractivity contribution in [1.29, 1.82) is 0 Å². The van der Waals surface area contributed by atoms with Gasteiger partial charge in [0.2, 0.25) is 0 Å². The minimum atomic E-state index is 0.727. The Morgan fingerprint density at radius 2 is 1.22 bits per heavy atom. The molecule has 0 saturated heterocycles. The van der Waals surface area contributed by atoms with Crippen LogP contribution >= 0.6 is 23.1 Å². The largest absolute Gasteiger partial charge is 0.295 e. The van der Waals surface area contributed by atoms with E-state index in [2.05, 4.69) is 179 Å². The SMILES string of the molecule is c1ccc(-c2nc(-c3ccccc3-c3ccc4c5c6cccc7c6n(c5n(-c5ccccc5)c4c3)-c3ccccc3S7)nc3c2sc2ccccc23)cc1. The summed E-state index contributed by atoms with van der Waals surface area (Å²) in [5.41, 5.74) is 12.2. The molecule has 4 nitrogen and oxygen atoms in total. The second kappa shape index (κ2) is 11.5. The van der Waals surface area contributed by atoms with E-state index in [-0.39, 0.29) is 0 Å². The van der Waals surface area contributed by atoms with Gasteiger partial charge in [0.05, 0.1) is 32.6 Å². The molecule has 7 aromatic carbocycles. The molecule has 12 rings (SSSR count). The second-order valence-corrected chi connectivity index (χ2v) is 15.9. The average Bonchev–Trinajstić information content (AvgIpc) is 3.90. The molecule has 252 valence electrons. The zero-order valence-corrected chi connectivity index (χ0v) is 30.4. The smallest absolute Gasteiger partial charge is 0.161 e. The van der Waals surface area contributed by atoms with Crippen molar-refractivity contribution in [1.82, 2.24) is 19.1 Å². The number of rotatable bonds is 4. The number of benzene rings is 7. The number of fused-ring (bicyclic) bond motifs is 10. The Morgan fingerprint density at radius 3 is 2.11 bits per heavy atom. The Balaban J connectivity index is 1.14. The summed E-state index contributed by atoms with van der Waals surface area (Å²) in [5, 5.41) is 4.94. The highest BCUT2D eigenvalue weighted by molar-refractivity contribution is 7.99. The van der Waals surface area contributed by atoms with Crippen LogP contribution in [0.5, 0.6) is 0 Å². The Hall–Kier alpha value is -6.47. The van der Waals surface area contributed by atoms with Crippen LogP contribution in [0.4, 0.5) is 0 Å². The van der Waals surface area contributed by atoms with E-state index in [1.165, 1.54) is 47.5 Å². The lowest BCUT2D eigenvalue weighted by Gasteiger charge is -2.21. The van der Waals surface area contributed by atoms with Gasteiger partial charge in [0.15, 0.2) is 5.82 Å². The van der Waals surface area contributed by atoms with Crippen molar-refractivity contribution in [2.45, 2.75) is 9.79 Å². The molecular weight excluding hydrogens is 697 g/mol. The summed E-state index contributed by atoms with van der Waals surface area (Å²) in [5.74, 6) is 0.727. The van der Waals surface area contributed by atoms with E-state index in [4.69, 9.17) is 9.97 Å². The van der Waals surface area contributed by atoms with Crippen molar-refractivity contribution in [3.8, 4) is 45.1 Å². The normalized spacial score (nSPS) is 12.4. The summed E-state index contributed by atoms with van der Waals surface area (Å²) in [6.07, 6.45) is 0. The van der Waals surface area contributed by atoms with E-state index in [1.54, 1.807) is 11.3 Å². The number of hydrogen-bond acceptors (Lipinski definition) is 4. The van der Waals surface area contributed by atoms with E-state index in [0.717, 1.165) is 60.6 Å². The van der Waals surface area contributed by atoms with Gasteiger partial charge >= 0.3 is 0 Å². The van der Waals surface area contributed by atoms with E-state index in [9.17, 15) is 0 Å². The topological polar surface area (TPSA) is 35.6 Å². The molecule has 1 aliphatic heterocycles. The number of aromatic nitrogens is 4. The molecule has 1 aliphatic rings. The molecule has 11 aromatic rings. The summed E-state index contributed by atoms with van der Waals surface area (Å²) in [6, 6.07) is 60.9. The number of hydrogen-bond donors (Lipinski definition) is 0. The maximum atomic E-state index is 5.36. The Morgan fingerprint density at radius 1 is 0.500 bits per heavy atom. The van der Waals surface area contributed by atoms with E-state index < -0.39 is 0 Å². The minimum absolute atomic E-state index is 0.727. The summed E-state index contributed by atoms with van der Waals surface area (Å²) in [4.78, 5) is 13.2. The maximum Gasteiger partial charge on any atom is 0.161 e. The van der Waals surface area contributed by atoms with Crippen molar-refractivity contribution < 1.29 is 0 Å². The first-order valence-electron chi connectivity index (χ1n) is 18.1. The molecule has 5 heterocycles. The fourth-order valence-corrected chi connectivity index (χ4v) is 10.7. The van der Waals surface area contributed by atoms with Crippen LogP contribution in [0.25, 0.3) is 98.3 Å². The first-order chi connectivity index (χ1) is 26.8. The van der Waals surface area contributed by atoms with Crippen LogP contribution in [0.2, 0.25) is 0 Å². The predicted molar refractivity (Wildman–Crippen MR) is 227 cm³/mol. The molecule has 0 amide bonds. The fourth-order valence-electron chi connectivity index (χ4n) is 8.41. The van der Waals surface area contributed by atoms with Gasteiger partial charge in [-0.15, -0.1) is 11.3 Å². The maximum absolute atomic E-state index is 5.36. The van der Waals surface area contributed by atoms with E-state index in [0.29, 0.717) is 0 Å². The predicted octanol–water partition coefficient (Wildman–Crippen LogP) is 13.4. The van der Waals surface area contributed by atoms with Gasteiger partial charge < -0.3 is 0 Å². The molecule has 0 aliphatic carbocycles. The highest BCUT2D eigenvalue weighted by Crippen LogP contribution is 2.50. The molecule has 0 N–H and O–H groups in total. The van der Waals surface area contributed by atoms with Gasteiger partial charge in [0.1, 0.15) is 5.65 Å². The van der Waals surface area contributed by atoms with Crippen molar-refractivity contribution >= 4 is 76.2 Å². The zero-order chi connectivity index (χ0) is 35.3. The third-order valence-electron chi connectivity index (χ3n) is 10.7. The Bertz CT molecular complexity index is 3300. The molecule has 0 saturated carbocycles. The zero-order valence-electron chi connectivity index (χ0n) is 28.8. The standard InChI is InChI=1S/C48H28N4S2/c1-3-14-29(15-4-1)43-46-44(35-20-9-11-23-39(35)54-46)50-47(49-43)33-19-8-7-18-32(33)30-26-27-34-38(28-30)51(31-16-5-2-6-17-31)48-42(34)36-21-13-25-41-45(36)52(48)37-22-10-12-24-40(37)53-41/h1-28H. The van der Waals surface area contributed by atoms with Gasteiger partial charge in [0, 0.05) is 52.9 Å². The monoisotopic (exact) mass is 724 g/mol. The summed E-state index contributed by atoms with van der Waals surface area (Å²) in [7, 11) is 0. The van der Waals surface area contributed by atoms with Crippen LogP contribution in [0, 0.1) is 0 Å². The molecule has 0 bridgehead atoms. The number of nitrogens with zero attached hydrogens (tertiary/aromatic N) is 4. The first-order valence-corrected chi connectivity index (χ1v) is 19.7. The van der Waals surface area contributed by atoms with Crippen LogP contribution in [-0.2, 0) is 0 Å². The lowest BCUT2D eigenvalue weighted by molar-refractivity contribution is 1.03. The molecule has 6 heteroatoms.